The standard InChI is InChI=1S/C8H13N3O/c1-11-5-9-8(12)7(10-11)6-3-2-4-6/h6H,2-5H2,1H3,(H,9,12). The lowest BCUT2D eigenvalue weighted by Crippen LogP contribution is -2.47. The van der Waals surface area contributed by atoms with Crippen molar-refractivity contribution in [3.05, 3.63) is 0 Å². The van der Waals surface area contributed by atoms with Crippen LogP contribution < -0.4 is 5.32 Å². The lowest BCUT2D eigenvalue weighted by Gasteiger charge is -2.30. The second-order valence-corrected chi connectivity index (χ2v) is 3.43. The number of nitrogens with one attached hydrogen (secondary N) is 1. The number of carbonyl (C=O) groups excluding carboxylic acids is 1. The molecule has 12 heavy (non-hydrogen) atoms. The van der Waals surface area contributed by atoms with Crippen molar-refractivity contribution < 1.29 is 4.79 Å². The highest BCUT2D eigenvalue weighted by molar-refractivity contribution is 6.40. The first-order chi connectivity index (χ1) is 5.77. The Kier molecular flexibility index (Phi) is 1.75. The maximum Gasteiger partial charge on any atom is 0.269 e. The largest absolute Gasteiger partial charge is 0.332 e. The van der Waals surface area contributed by atoms with Crippen molar-refractivity contribution in [3.63, 3.8) is 0 Å². The molecule has 0 spiro atoms. The third-order valence-corrected chi connectivity index (χ3v) is 2.47. The third kappa shape index (κ3) is 1.17. The van der Waals surface area contributed by atoms with E-state index in [9.17, 15) is 4.79 Å². The Labute approximate surface area is 71.6 Å². The monoisotopic (exact) mass is 167 g/mol. The molecule has 66 valence electrons. The molecule has 2 rings (SSSR count). The van der Waals surface area contributed by atoms with Gasteiger partial charge in [-0.25, -0.2) is 0 Å². The summed E-state index contributed by atoms with van der Waals surface area (Å²) in [4.78, 5) is 11.3. The predicted octanol–water partition coefficient (Wildman–Crippen LogP) is 0.162. The van der Waals surface area contributed by atoms with Crippen LogP contribution in [0.2, 0.25) is 0 Å². The first-order valence-corrected chi connectivity index (χ1v) is 4.35. The van der Waals surface area contributed by atoms with Crippen LogP contribution in [0.1, 0.15) is 19.3 Å². The smallest absolute Gasteiger partial charge is 0.269 e. The summed E-state index contributed by atoms with van der Waals surface area (Å²) in [5.74, 6) is 0.450. The van der Waals surface area contributed by atoms with Gasteiger partial charge in [0.2, 0.25) is 0 Å². The van der Waals surface area contributed by atoms with Gasteiger partial charge in [-0.05, 0) is 12.8 Å². The van der Waals surface area contributed by atoms with Gasteiger partial charge in [0.15, 0.2) is 0 Å². The molecule has 2 aliphatic rings. The van der Waals surface area contributed by atoms with Crippen LogP contribution in [-0.2, 0) is 4.79 Å². The van der Waals surface area contributed by atoms with Gasteiger partial charge in [-0.3, -0.25) is 9.80 Å². The molecule has 0 unspecified atom stereocenters. The Bertz CT molecular complexity index is 232. The van der Waals surface area contributed by atoms with E-state index in [-0.39, 0.29) is 5.91 Å². The zero-order valence-corrected chi connectivity index (χ0v) is 7.21. The zero-order chi connectivity index (χ0) is 8.55. The molecule has 1 aliphatic carbocycles. The van der Waals surface area contributed by atoms with Crippen LogP contribution in [0.4, 0.5) is 0 Å². The van der Waals surface area contributed by atoms with E-state index in [1.54, 1.807) is 5.01 Å². The summed E-state index contributed by atoms with van der Waals surface area (Å²) in [6, 6.07) is 0. The summed E-state index contributed by atoms with van der Waals surface area (Å²) >= 11 is 0. The van der Waals surface area contributed by atoms with E-state index in [2.05, 4.69) is 10.4 Å². The molecule has 0 atom stereocenters. The molecule has 1 aliphatic heterocycles. The van der Waals surface area contributed by atoms with Crippen LogP contribution in [-0.4, -0.2) is 30.3 Å². The highest BCUT2D eigenvalue weighted by Crippen LogP contribution is 2.28. The second-order valence-electron chi connectivity index (χ2n) is 3.43. The van der Waals surface area contributed by atoms with Gasteiger partial charge in [0.1, 0.15) is 12.4 Å². The fourth-order valence-electron chi connectivity index (χ4n) is 1.49. The van der Waals surface area contributed by atoms with Gasteiger partial charge in [0, 0.05) is 13.0 Å². The number of amides is 1. The fourth-order valence-corrected chi connectivity index (χ4v) is 1.49. The van der Waals surface area contributed by atoms with E-state index >= 15 is 0 Å². The minimum Gasteiger partial charge on any atom is -0.332 e. The number of nitrogens with zero attached hydrogens (tertiary/aromatic N) is 2. The van der Waals surface area contributed by atoms with Crippen molar-refractivity contribution in [3.8, 4) is 0 Å². The lowest BCUT2D eigenvalue weighted by atomic mass is 9.81. The molecule has 1 N–H and O–H groups in total. The van der Waals surface area contributed by atoms with Crippen LogP contribution in [0.25, 0.3) is 0 Å². The Morgan fingerprint density at radius 1 is 1.58 bits per heavy atom. The van der Waals surface area contributed by atoms with Gasteiger partial charge < -0.3 is 5.32 Å². The Morgan fingerprint density at radius 2 is 2.33 bits per heavy atom. The SMILES string of the molecule is CN1CNC(=O)C(C2CCC2)=N1. The summed E-state index contributed by atoms with van der Waals surface area (Å²) < 4.78 is 0. The van der Waals surface area contributed by atoms with E-state index in [1.165, 1.54) is 6.42 Å². The summed E-state index contributed by atoms with van der Waals surface area (Å²) in [6.07, 6.45) is 3.49. The Hall–Kier alpha value is -1.06. The predicted molar refractivity (Wildman–Crippen MR) is 45.5 cm³/mol. The molecule has 1 amide bonds. The zero-order valence-electron chi connectivity index (χ0n) is 7.21. The number of carbonyl (C=O) groups is 1. The lowest BCUT2D eigenvalue weighted by molar-refractivity contribution is -0.116. The van der Waals surface area contributed by atoms with Crippen LogP contribution >= 0.6 is 0 Å². The average molecular weight is 167 g/mol. The van der Waals surface area contributed by atoms with Crippen molar-refractivity contribution in [2.24, 2.45) is 11.0 Å². The molecule has 0 aromatic heterocycles. The van der Waals surface area contributed by atoms with Crippen LogP contribution in [0.5, 0.6) is 0 Å². The molecule has 4 heteroatoms. The van der Waals surface area contributed by atoms with Crippen molar-refractivity contribution >= 4 is 11.6 Å². The van der Waals surface area contributed by atoms with E-state index < -0.39 is 0 Å². The molecule has 4 nitrogen and oxygen atoms in total. The Balaban J connectivity index is 2.13. The molecular formula is C8H13N3O. The third-order valence-electron chi connectivity index (χ3n) is 2.47. The van der Waals surface area contributed by atoms with Gasteiger partial charge in [0.25, 0.3) is 5.91 Å². The van der Waals surface area contributed by atoms with E-state index in [1.807, 2.05) is 7.05 Å². The maximum atomic E-state index is 11.3. The van der Waals surface area contributed by atoms with Crippen molar-refractivity contribution in [1.82, 2.24) is 10.3 Å². The summed E-state index contributed by atoms with van der Waals surface area (Å²) in [5.41, 5.74) is 0.731. The van der Waals surface area contributed by atoms with Gasteiger partial charge in [-0.15, -0.1) is 0 Å². The van der Waals surface area contributed by atoms with Crippen molar-refractivity contribution in [2.75, 3.05) is 13.7 Å². The van der Waals surface area contributed by atoms with Crippen LogP contribution in [0, 0.1) is 5.92 Å². The molecule has 1 heterocycles. The average Bonchev–Trinajstić information content (AvgIpc) is 1.93. The quantitative estimate of drug-likeness (QED) is 0.604. The second kappa shape index (κ2) is 2.77. The highest BCUT2D eigenvalue weighted by Gasteiger charge is 2.30. The van der Waals surface area contributed by atoms with Crippen molar-refractivity contribution in [2.45, 2.75) is 19.3 Å². The molecule has 0 radical (unpaired) electrons. The summed E-state index contributed by atoms with van der Waals surface area (Å²) in [5, 5.41) is 8.78. The minimum absolute atomic E-state index is 0.0257. The number of rotatable bonds is 1. The molecular weight excluding hydrogens is 154 g/mol. The molecule has 0 bridgehead atoms. The molecule has 0 aromatic carbocycles. The number of hydrogen-bond donors (Lipinski definition) is 1. The van der Waals surface area contributed by atoms with Crippen molar-refractivity contribution in [1.29, 1.82) is 0 Å². The molecule has 0 aromatic rings. The minimum atomic E-state index is 0.0257. The number of hydrogen-bond acceptors (Lipinski definition) is 3. The molecule has 0 saturated heterocycles. The van der Waals surface area contributed by atoms with E-state index in [4.69, 9.17) is 0 Å². The van der Waals surface area contributed by atoms with E-state index in [0.717, 1.165) is 18.6 Å². The van der Waals surface area contributed by atoms with Crippen LogP contribution in [0.15, 0.2) is 5.10 Å². The van der Waals surface area contributed by atoms with Gasteiger partial charge >= 0.3 is 0 Å². The molecule has 1 fully saturated rings. The summed E-state index contributed by atoms with van der Waals surface area (Å²) in [7, 11) is 1.87. The highest BCUT2D eigenvalue weighted by atomic mass is 16.2. The fraction of sp³-hybridized carbons (Fsp3) is 0.750. The summed E-state index contributed by atoms with van der Waals surface area (Å²) in [6.45, 7) is 0.537. The number of hydrazone groups is 1. The first kappa shape index (κ1) is 7.58. The normalized spacial score (nSPS) is 24.6. The topological polar surface area (TPSA) is 44.7 Å². The Morgan fingerprint density at radius 3 is 2.92 bits per heavy atom. The van der Waals surface area contributed by atoms with Gasteiger partial charge in [-0.2, -0.15) is 5.10 Å². The van der Waals surface area contributed by atoms with Crippen LogP contribution in [0.3, 0.4) is 0 Å². The van der Waals surface area contributed by atoms with Gasteiger partial charge in [0.05, 0.1) is 0 Å². The molecule has 1 saturated carbocycles. The maximum absolute atomic E-state index is 11.3. The first-order valence-electron chi connectivity index (χ1n) is 4.35. The van der Waals surface area contributed by atoms with E-state index in [0.29, 0.717) is 12.6 Å². The van der Waals surface area contributed by atoms with Gasteiger partial charge in [-0.1, -0.05) is 6.42 Å².